The van der Waals surface area contributed by atoms with E-state index < -0.39 is 0 Å². The minimum Gasteiger partial charge on any atom is -0.493 e. The molecule has 110 valence electrons. The van der Waals surface area contributed by atoms with Crippen LogP contribution in [0.1, 0.15) is 28.5 Å². The number of rotatable bonds is 5. The van der Waals surface area contributed by atoms with Gasteiger partial charge in [0.05, 0.1) is 31.9 Å². The summed E-state index contributed by atoms with van der Waals surface area (Å²) in [6.07, 6.45) is 0.569. The molecular weight excluding hydrogens is 268 g/mol. The molecule has 0 radical (unpaired) electrons. The molecule has 1 unspecified atom stereocenters. The van der Waals surface area contributed by atoms with Gasteiger partial charge in [0.15, 0.2) is 11.5 Å². The number of methoxy groups -OCH3 is 2. The first kappa shape index (κ1) is 14.9. The first-order valence-corrected chi connectivity index (χ1v) is 6.64. The van der Waals surface area contributed by atoms with Gasteiger partial charge in [-0.25, -0.2) is 0 Å². The number of aryl methyl sites for hydroxylation is 2. The molecule has 0 spiro atoms. The minimum absolute atomic E-state index is 0.297. The number of nitriles is 1. The molecule has 2 aromatic rings. The van der Waals surface area contributed by atoms with Gasteiger partial charge in [-0.05, 0) is 38.0 Å². The van der Waals surface area contributed by atoms with Crippen molar-refractivity contribution in [2.75, 3.05) is 14.2 Å². The highest BCUT2D eigenvalue weighted by Gasteiger charge is 2.21. The molecule has 0 aliphatic heterocycles. The first-order valence-electron chi connectivity index (χ1n) is 6.64. The van der Waals surface area contributed by atoms with Crippen LogP contribution < -0.4 is 9.47 Å². The summed E-state index contributed by atoms with van der Waals surface area (Å²) >= 11 is 0. The van der Waals surface area contributed by atoms with Gasteiger partial charge in [-0.3, -0.25) is 0 Å². The molecule has 0 amide bonds. The van der Waals surface area contributed by atoms with Crippen molar-refractivity contribution < 1.29 is 14.0 Å². The molecule has 1 heterocycles. The second-order valence-corrected chi connectivity index (χ2v) is 4.81. The fourth-order valence-electron chi connectivity index (χ4n) is 2.44. The zero-order chi connectivity index (χ0) is 15.4. The maximum absolute atomic E-state index is 9.46. The quantitative estimate of drug-likeness (QED) is 0.844. The van der Waals surface area contributed by atoms with Crippen LogP contribution in [-0.2, 0) is 6.42 Å². The van der Waals surface area contributed by atoms with Crippen molar-refractivity contribution in [3.05, 3.63) is 40.8 Å². The van der Waals surface area contributed by atoms with E-state index in [9.17, 15) is 5.26 Å². The topological polar surface area (TPSA) is 68.3 Å². The smallest absolute Gasteiger partial charge is 0.160 e. The Morgan fingerprint density at radius 2 is 1.95 bits per heavy atom. The van der Waals surface area contributed by atoms with Crippen LogP contribution in [0.3, 0.4) is 0 Å². The van der Waals surface area contributed by atoms with E-state index in [1.807, 2.05) is 32.0 Å². The third-order valence-corrected chi connectivity index (χ3v) is 3.48. The number of aromatic nitrogens is 1. The van der Waals surface area contributed by atoms with Gasteiger partial charge in [0.25, 0.3) is 0 Å². The van der Waals surface area contributed by atoms with Gasteiger partial charge in [0, 0.05) is 5.56 Å². The highest BCUT2D eigenvalue weighted by Crippen LogP contribution is 2.31. The molecule has 1 atom stereocenters. The van der Waals surface area contributed by atoms with Crippen molar-refractivity contribution in [3.63, 3.8) is 0 Å². The predicted octanol–water partition coefficient (Wildman–Crippen LogP) is 3.16. The maximum Gasteiger partial charge on any atom is 0.160 e. The van der Waals surface area contributed by atoms with E-state index in [-0.39, 0.29) is 5.92 Å². The summed E-state index contributed by atoms with van der Waals surface area (Å²) in [5.74, 6) is 1.73. The van der Waals surface area contributed by atoms with Gasteiger partial charge in [0.1, 0.15) is 5.76 Å². The van der Waals surface area contributed by atoms with Crippen LogP contribution in [0.15, 0.2) is 22.7 Å². The molecule has 5 heteroatoms. The zero-order valence-corrected chi connectivity index (χ0v) is 12.6. The van der Waals surface area contributed by atoms with Crippen LogP contribution in [0.5, 0.6) is 11.5 Å². The lowest BCUT2D eigenvalue weighted by Crippen LogP contribution is -2.03. The van der Waals surface area contributed by atoms with Gasteiger partial charge >= 0.3 is 0 Å². The molecule has 0 saturated carbocycles. The first-order chi connectivity index (χ1) is 10.1. The molecule has 0 aliphatic carbocycles. The number of benzene rings is 1. The molecular formula is C16H18N2O3. The lowest BCUT2D eigenvalue weighted by Gasteiger charge is -2.12. The molecule has 0 aliphatic rings. The average molecular weight is 286 g/mol. The third kappa shape index (κ3) is 3.00. The van der Waals surface area contributed by atoms with E-state index in [0.717, 1.165) is 16.8 Å². The van der Waals surface area contributed by atoms with Crippen molar-refractivity contribution >= 4 is 0 Å². The van der Waals surface area contributed by atoms with Crippen molar-refractivity contribution in [1.82, 2.24) is 5.16 Å². The fourth-order valence-corrected chi connectivity index (χ4v) is 2.44. The van der Waals surface area contributed by atoms with Crippen molar-refractivity contribution in [1.29, 1.82) is 5.26 Å². The van der Waals surface area contributed by atoms with Crippen LogP contribution in [0.4, 0.5) is 0 Å². The highest BCUT2D eigenvalue weighted by atomic mass is 16.5. The Morgan fingerprint density at radius 3 is 2.48 bits per heavy atom. The lowest BCUT2D eigenvalue weighted by atomic mass is 9.92. The van der Waals surface area contributed by atoms with Gasteiger partial charge in [0.2, 0.25) is 0 Å². The summed E-state index contributed by atoms with van der Waals surface area (Å²) < 4.78 is 15.7. The number of ether oxygens (including phenoxy) is 2. The molecule has 1 aromatic carbocycles. The molecule has 5 nitrogen and oxygen atoms in total. The number of hydrogen-bond acceptors (Lipinski definition) is 5. The summed E-state index contributed by atoms with van der Waals surface area (Å²) in [4.78, 5) is 0. The molecule has 0 saturated heterocycles. The zero-order valence-electron chi connectivity index (χ0n) is 12.6. The maximum atomic E-state index is 9.46. The van der Waals surface area contributed by atoms with Gasteiger partial charge in [-0.15, -0.1) is 0 Å². The monoisotopic (exact) mass is 286 g/mol. The molecule has 0 fully saturated rings. The summed E-state index contributed by atoms with van der Waals surface area (Å²) in [5.41, 5.74) is 2.63. The highest BCUT2D eigenvalue weighted by molar-refractivity contribution is 5.44. The Labute approximate surface area is 124 Å². The minimum atomic E-state index is -0.297. The third-order valence-electron chi connectivity index (χ3n) is 3.48. The summed E-state index contributed by atoms with van der Waals surface area (Å²) in [7, 11) is 3.19. The Hall–Kier alpha value is -2.48. The van der Waals surface area contributed by atoms with Crippen molar-refractivity contribution in [2.24, 2.45) is 0 Å². The largest absolute Gasteiger partial charge is 0.493 e. The van der Waals surface area contributed by atoms with Crippen LogP contribution in [0.25, 0.3) is 0 Å². The average Bonchev–Trinajstić information content (AvgIpc) is 2.83. The molecule has 2 rings (SSSR count). The molecule has 21 heavy (non-hydrogen) atoms. The van der Waals surface area contributed by atoms with Crippen LogP contribution in [0, 0.1) is 25.2 Å². The molecule has 0 N–H and O–H groups in total. The molecule has 0 bridgehead atoms. The Kier molecular flexibility index (Phi) is 4.49. The summed E-state index contributed by atoms with van der Waals surface area (Å²) in [6.45, 7) is 3.68. The lowest BCUT2D eigenvalue weighted by molar-refractivity contribution is 0.354. The normalized spacial score (nSPS) is 11.8. The number of nitrogens with zero attached hydrogens (tertiary/aromatic N) is 2. The van der Waals surface area contributed by atoms with E-state index in [1.165, 1.54) is 0 Å². The van der Waals surface area contributed by atoms with E-state index in [2.05, 4.69) is 11.2 Å². The second-order valence-electron chi connectivity index (χ2n) is 4.81. The summed E-state index contributed by atoms with van der Waals surface area (Å²) in [5, 5.41) is 13.4. The SMILES string of the molecule is COc1ccc(CC(C#N)c2c(C)noc2C)cc1OC. The van der Waals surface area contributed by atoms with Gasteiger partial charge in [-0.1, -0.05) is 11.2 Å². The van der Waals surface area contributed by atoms with Gasteiger partial charge in [-0.2, -0.15) is 5.26 Å². The predicted molar refractivity (Wildman–Crippen MR) is 77.6 cm³/mol. The molecule has 1 aromatic heterocycles. The Bertz CT molecular complexity index is 651. The van der Waals surface area contributed by atoms with E-state index in [1.54, 1.807) is 14.2 Å². The van der Waals surface area contributed by atoms with E-state index >= 15 is 0 Å². The fraction of sp³-hybridized carbons (Fsp3) is 0.375. The number of hydrogen-bond donors (Lipinski definition) is 0. The summed E-state index contributed by atoms with van der Waals surface area (Å²) in [6, 6.07) is 8.00. The van der Waals surface area contributed by atoms with Crippen LogP contribution in [-0.4, -0.2) is 19.4 Å². The van der Waals surface area contributed by atoms with Crippen molar-refractivity contribution in [2.45, 2.75) is 26.2 Å². The van der Waals surface area contributed by atoms with Crippen LogP contribution in [0.2, 0.25) is 0 Å². The second kappa shape index (κ2) is 6.31. The van der Waals surface area contributed by atoms with Gasteiger partial charge < -0.3 is 14.0 Å². The Morgan fingerprint density at radius 1 is 1.24 bits per heavy atom. The van der Waals surface area contributed by atoms with E-state index in [4.69, 9.17) is 14.0 Å². The standard InChI is InChI=1S/C16H18N2O3/c1-10-16(11(2)21-18-10)13(9-17)7-12-5-6-14(19-3)15(8-12)20-4/h5-6,8,13H,7H2,1-4H3. The van der Waals surface area contributed by atoms with E-state index in [0.29, 0.717) is 23.7 Å². The Balaban J connectivity index is 2.30. The van der Waals surface area contributed by atoms with Crippen LogP contribution >= 0.6 is 0 Å². The van der Waals surface area contributed by atoms with Crippen molar-refractivity contribution in [3.8, 4) is 17.6 Å².